The Balaban J connectivity index is 0. The summed E-state index contributed by atoms with van der Waals surface area (Å²) in [5.41, 5.74) is 0. The number of rotatable bonds is 9. The van der Waals surface area contributed by atoms with Crippen LogP contribution < -0.4 is 6.15 Å². The molecule has 0 unspecified atom stereocenters. The third-order valence-corrected chi connectivity index (χ3v) is 4.26. The summed E-state index contributed by atoms with van der Waals surface area (Å²) in [6.45, 7) is 0. The van der Waals surface area contributed by atoms with E-state index in [4.69, 9.17) is 4.55 Å². The minimum absolute atomic E-state index is 0. The Bertz CT molecular complexity index is 790. The van der Waals surface area contributed by atoms with Gasteiger partial charge in [0, 0.05) is 0 Å². The fourth-order valence-corrected chi connectivity index (χ4v) is 1.93. The van der Waals surface area contributed by atoms with E-state index in [0.717, 1.165) is 0 Å². The number of hydrogen-bond donors (Lipinski definition) is 2. The van der Waals surface area contributed by atoms with E-state index in [1.165, 1.54) is 0 Å². The molecule has 0 aliphatic heterocycles. The van der Waals surface area contributed by atoms with Gasteiger partial charge in [-0.3, -0.25) is 4.55 Å². The van der Waals surface area contributed by atoms with Crippen LogP contribution in [0.25, 0.3) is 0 Å². The van der Waals surface area contributed by atoms with Crippen LogP contribution in [0.3, 0.4) is 0 Å². The van der Waals surface area contributed by atoms with E-state index in [-0.39, 0.29) is 6.15 Å². The molecule has 0 saturated heterocycles. The lowest BCUT2D eigenvalue weighted by Gasteiger charge is -2.43. The van der Waals surface area contributed by atoms with Gasteiger partial charge in [0.2, 0.25) is 0 Å². The maximum atomic E-state index is 13.2. The Hall–Kier alpha value is -1.39. The first-order valence-electron chi connectivity index (χ1n) is 6.22. The predicted octanol–water partition coefficient (Wildman–Crippen LogP) is 5.34. The van der Waals surface area contributed by atoms with Gasteiger partial charge in [-0.15, -0.1) is 0 Å². The topological polar surface area (TPSA) is 89.4 Å². The zero-order chi connectivity index (χ0) is 26.1. The largest absolute Gasteiger partial charge is 0.438 e. The van der Waals surface area contributed by atoms with Crippen molar-refractivity contribution in [2.24, 2.45) is 0 Å². The van der Waals surface area contributed by atoms with Crippen molar-refractivity contribution in [3.63, 3.8) is 0 Å². The first kappa shape index (κ1) is 32.8. The van der Waals surface area contributed by atoms with Crippen LogP contribution in [-0.2, 0) is 10.1 Å². The lowest BCUT2D eigenvalue weighted by molar-refractivity contribution is -0.453. The second kappa shape index (κ2) is 7.84. The molecular formula is C9H5F18NO3S. The summed E-state index contributed by atoms with van der Waals surface area (Å²) in [6.07, 6.45) is -6.08. The fourth-order valence-electron chi connectivity index (χ4n) is 1.48. The fraction of sp³-hybridized carbons (Fsp3) is 1.00. The number of hydrogen-bond acceptors (Lipinski definition) is 3. The van der Waals surface area contributed by atoms with Gasteiger partial charge in [-0.1, -0.05) is 0 Å². The third-order valence-electron chi connectivity index (χ3n) is 3.35. The van der Waals surface area contributed by atoms with Gasteiger partial charge in [-0.2, -0.15) is 78.7 Å². The molecule has 0 amide bonds. The first-order valence-corrected chi connectivity index (χ1v) is 7.66. The van der Waals surface area contributed by atoms with Crippen molar-refractivity contribution in [2.45, 2.75) is 53.1 Å². The standard InChI is InChI=1S/C9H2F18O3S.H3N/c10-1(11)2(12,13)3(14,15)4(16,17)5(18,19)6(20,21)7(22,23)8(24,25)9(26,27)31(28,29)30;/h1H,(H,28,29,30);1H3. The molecule has 0 spiro atoms. The van der Waals surface area contributed by atoms with Crippen LogP contribution in [0.1, 0.15) is 0 Å². The molecule has 23 heteroatoms. The highest BCUT2D eigenvalue weighted by Gasteiger charge is 2.96. The predicted molar refractivity (Wildman–Crippen MR) is 62.2 cm³/mol. The Morgan fingerprint density at radius 1 is 0.500 bits per heavy atom. The summed E-state index contributed by atoms with van der Waals surface area (Å²) in [7, 11) is -7.94. The summed E-state index contributed by atoms with van der Waals surface area (Å²) in [5.74, 6) is -60.2. The molecule has 0 fully saturated rings. The van der Waals surface area contributed by atoms with E-state index in [1.807, 2.05) is 0 Å². The first-order chi connectivity index (χ1) is 12.9. The lowest BCUT2D eigenvalue weighted by Crippen LogP contribution is -2.75. The van der Waals surface area contributed by atoms with Crippen LogP contribution in [0.5, 0.6) is 0 Å². The zero-order valence-corrected chi connectivity index (χ0v) is 14.6. The smallest absolute Gasteiger partial charge is 0.344 e. The second-order valence-electron chi connectivity index (χ2n) is 5.36. The molecule has 32 heavy (non-hydrogen) atoms. The zero-order valence-electron chi connectivity index (χ0n) is 13.8. The Morgan fingerprint density at radius 3 is 0.938 bits per heavy atom. The van der Waals surface area contributed by atoms with E-state index in [1.54, 1.807) is 0 Å². The molecule has 4 N–H and O–H groups in total. The van der Waals surface area contributed by atoms with Gasteiger partial charge in [-0.25, -0.2) is 8.78 Å². The normalized spacial score (nSPS) is 16.2. The molecule has 196 valence electrons. The van der Waals surface area contributed by atoms with Crippen molar-refractivity contribution in [1.29, 1.82) is 0 Å². The molecule has 0 aromatic carbocycles. The highest BCUT2D eigenvalue weighted by Crippen LogP contribution is 2.64. The number of alkyl halides is 18. The average Bonchev–Trinajstić information content (AvgIpc) is 2.52. The summed E-state index contributed by atoms with van der Waals surface area (Å²) in [5, 5.41) is -7.90. The van der Waals surface area contributed by atoms with Crippen molar-refractivity contribution in [1.82, 2.24) is 6.15 Å². The van der Waals surface area contributed by atoms with Gasteiger partial charge in [0.15, 0.2) is 0 Å². The molecule has 0 aliphatic carbocycles. The maximum Gasteiger partial charge on any atom is 0.438 e. The molecule has 0 saturated carbocycles. The SMILES string of the molecule is N.O=S(=O)(O)C(F)(F)C(F)(F)C(F)(F)C(F)(F)C(F)(F)C(F)(F)C(F)(F)C(F)(F)C(F)F. The van der Waals surface area contributed by atoms with Gasteiger partial charge < -0.3 is 6.15 Å². The van der Waals surface area contributed by atoms with E-state index < -0.39 is 63.3 Å². The second-order valence-corrected chi connectivity index (χ2v) is 6.82. The molecule has 4 nitrogen and oxygen atoms in total. The highest BCUT2D eigenvalue weighted by atomic mass is 32.2. The maximum absolute atomic E-state index is 13.2. The molecule has 0 aromatic heterocycles. The molecule has 0 bridgehead atoms. The Kier molecular flexibility index (Phi) is 8.03. The minimum atomic E-state index is -8.98. The number of halogens is 18. The van der Waals surface area contributed by atoms with E-state index >= 15 is 0 Å². The molecule has 0 aromatic rings. The van der Waals surface area contributed by atoms with E-state index in [2.05, 4.69) is 0 Å². The van der Waals surface area contributed by atoms with Crippen molar-refractivity contribution in [3.8, 4) is 0 Å². The van der Waals surface area contributed by atoms with Gasteiger partial charge in [0.1, 0.15) is 0 Å². The van der Waals surface area contributed by atoms with Gasteiger partial charge in [-0.05, 0) is 0 Å². The average molecular weight is 549 g/mol. The highest BCUT2D eigenvalue weighted by molar-refractivity contribution is 7.87. The van der Waals surface area contributed by atoms with Crippen molar-refractivity contribution in [2.75, 3.05) is 0 Å². The van der Waals surface area contributed by atoms with Gasteiger partial charge in [0.25, 0.3) is 0 Å². The Morgan fingerprint density at radius 2 is 0.719 bits per heavy atom. The van der Waals surface area contributed by atoms with Crippen LogP contribution in [0, 0.1) is 0 Å². The molecule has 0 heterocycles. The van der Waals surface area contributed by atoms with Crippen LogP contribution >= 0.6 is 0 Å². The van der Waals surface area contributed by atoms with E-state index in [9.17, 15) is 87.4 Å². The van der Waals surface area contributed by atoms with Crippen LogP contribution in [0.2, 0.25) is 0 Å². The molecule has 0 radical (unpaired) electrons. The van der Waals surface area contributed by atoms with Crippen LogP contribution in [0.15, 0.2) is 0 Å². The summed E-state index contributed by atoms with van der Waals surface area (Å²) < 4.78 is 258. The quantitative estimate of drug-likeness (QED) is 0.300. The Labute approximate surface area is 162 Å². The summed E-state index contributed by atoms with van der Waals surface area (Å²) >= 11 is 0. The van der Waals surface area contributed by atoms with E-state index in [0.29, 0.717) is 0 Å². The van der Waals surface area contributed by atoms with Gasteiger partial charge >= 0.3 is 63.3 Å². The van der Waals surface area contributed by atoms with Crippen molar-refractivity contribution < 1.29 is 92.0 Å². The molecule has 0 atom stereocenters. The van der Waals surface area contributed by atoms with Gasteiger partial charge in [0.05, 0.1) is 0 Å². The summed E-state index contributed by atoms with van der Waals surface area (Å²) in [6, 6.07) is 0. The molecule has 0 rings (SSSR count). The third kappa shape index (κ3) is 3.72. The van der Waals surface area contributed by atoms with Crippen LogP contribution in [-0.4, -0.2) is 66.1 Å². The lowest BCUT2D eigenvalue weighted by atomic mass is 9.89. The monoisotopic (exact) mass is 549 g/mol. The molecular weight excluding hydrogens is 544 g/mol. The minimum Gasteiger partial charge on any atom is -0.344 e. The van der Waals surface area contributed by atoms with Crippen molar-refractivity contribution in [3.05, 3.63) is 0 Å². The van der Waals surface area contributed by atoms with Crippen molar-refractivity contribution >= 4 is 10.1 Å². The van der Waals surface area contributed by atoms with Crippen LogP contribution in [0.4, 0.5) is 79.0 Å². The molecule has 0 aliphatic rings. The summed E-state index contributed by atoms with van der Waals surface area (Å²) in [4.78, 5) is 0.